The molecule has 13 nitrogen and oxygen atoms in total. The van der Waals surface area contributed by atoms with Crippen molar-refractivity contribution in [1.82, 2.24) is 9.62 Å². The van der Waals surface area contributed by atoms with Crippen molar-refractivity contribution >= 4 is 34.0 Å². The summed E-state index contributed by atoms with van der Waals surface area (Å²) in [5.74, 6) is -2.60. The molecule has 14 heteroatoms. The van der Waals surface area contributed by atoms with E-state index in [2.05, 4.69) is 5.32 Å². The number of esters is 1. The van der Waals surface area contributed by atoms with Crippen LogP contribution in [0.5, 0.6) is 5.75 Å². The van der Waals surface area contributed by atoms with E-state index in [1.54, 1.807) is 44.2 Å². The molecule has 47 heavy (non-hydrogen) atoms. The molecule has 4 N–H and O–H groups in total. The summed E-state index contributed by atoms with van der Waals surface area (Å²) in [6, 6.07) is 20.3. The van der Waals surface area contributed by atoms with Crippen LogP contribution < -0.4 is 15.8 Å². The number of nitrogens with zero attached hydrogens (tertiary/aromatic N) is 1. The molecule has 0 radical (unpaired) electrons. The van der Waals surface area contributed by atoms with Crippen LogP contribution in [0.1, 0.15) is 48.7 Å². The van der Waals surface area contributed by atoms with E-state index < -0.39 is 57.8 Å². The number of carbonyl (C=O) groups excluding carboxylic acids is 3. The summed E-state index contributed by atoms with van der Waals surface area (Å²) >= 11 is 0. The number of aryl methyl sites for hydroxylation is 1. The van der Waals surface area contributed by atoms with Crippen LogP contribution in [0.2, 0.25) is 0 Å². The molecular weight excluding hydrogens is 630 g/mol. The average Bonchev–Trinajstić information content (AvgIpc) is 3.01. The van der Waals surface area contributed by atoms with Crippen LogP contribution in [-0.2, 0) is 41.1 Å². The summed E-state index contributed by atoms with van der Waals surface area (Å²) in [5, 5.41) is 11.9. The second-order valence-corrected chi connectivity index (χ2v) is 13.4. The highest BCUT2D eigenvalue weighted by atomic mass is 32.2. The van der Waals surface area contributed by atoms with E-state index >= 15 is 0 Å². The highest BCUT2D eigenvalue weighted by molar-refractivity contribution is 7.89. The van der Waals surface area contributed by atoms with Crippen molar-refractivity contribution in [3.8, 4) is 5.75 Å². The van der Waals surface area contributed by atoms with E-state index in [4.69, 9.17) is 19.9 Å². The van der Waals surface area contributed by atoms with Crippen molar-refractivity contribution < 1.29 is 46.9 Å². The molecule has 3 aromatic rings. The molecular formula is C33H37N3O10S. The fourth-order valence-electron chi connectivity index (χ4n) is 4.91. The molecule has 0 aliphatic carbocycles. The number of sulfonamides is 1. The SMILES string of the molecule is CC(OC(=O)N[C@@H](CCc1cccc(S(=O)(=O)N2CC(Oc3cccc(C(N)=O)c3)(c3ccccc3)C2)c1)C(=O)O)OC(=O)C(C)C. The van der Waals surface area contributed by atoms with Gasteiger partial charge in [-0.3, -0.25) is 9.59 Å². The second-order valence-electron chi connectivity index (χ2n) is 11.4. The molecule has 1 aliphatic heterocycles. The maximum atomic E-state index is 13.7. The first-order valence-corrected chi connectivity index (χ1v) is 16.3. The van der Waals surface area contributed by atoms with Crippen LogP contribution >= 0.6 is 0 Å². The highest BCUT2D eigenvalue weighted by Gasteiger charge is 2.52. The molecule has 1 aliphatic rings. The number of amides is 2. The van der Waals surface area contributed by atoms with Gasteiger partial charge < -0.3 is 30.4 Å². The minimum Gasteiger partial charge on any atom is -0.480 e. The van der Waals surface area contributed by atoms with Gasteiger partial charge in [0.25, 0.3) is 0 Å². The molecule has 0 saturated carbocycles. The summed E-state index contributed by atoms with van der Waals surface area (Å²) in [4.78, 5) is 47.5. The molecule has 0 aromatic heterocycles. The van der Waals surface area contributed by atoms with Crippen LogP contribution in [0.4, 0.5) is 4.79 Å². The fraction of sp³-hybridized carbons (Fsp3) is 0.333. The van der Waals surface area contributed by atoms with Gasteiger partial charge in [0.15, 0.2) is 5.60 Å². The van der Waals surface area contributed by atoms with E-state index in [0.717, 1.165) is 5.56 Å². The number of carboxylic acid groups (broad SMARTS) is 1. The number of alkyl carbamates (subject to hydrolysis) is 1. The number of rotatable bonds is 14. The number of carboxylic acids is 1. The van der Waals surface area contributed by atoms with E-state index in [1.165, 1.54) is 29.4 Å². The van der Waals surface area contributed by atoms with Gasteiger partial charge in [-0.15, -0.1) is 0 Å². The van der Waals surface area contributed by atoms with Gasteiger partial charge in [0, 0.05) is 12.5 Å². The zero-order chi connectivity index (χ0) is 34.4. The zero-order valence-corrected chi connectivity index (χ0v) is 26.9. The molecule has 1 fully saturated rings. The largest absolute Gasteiger partial charge is 0.480 e. The van der Waals surface area contributed by atoms with Gasteiger partial charge in [-0.2, -0.15) is 4.31 Å². The number of carbonyl (C=O) groups is 4. The minimum absolute atomic E-state index is 0.00687. The minimum atomic E-state index is -3.99. The molecule has 0 bridgehead atoms. The number of nitrogens with one attached hydrogen (secondary N) is 1. The van der Waals surface area contributed by atoms with Crippen LogP contribution in [0.25, 0.3) is 0 Å². The predicted octanol–water partition coefficient (Wildman–Crippen LogP) is 3.42. The normalized spacial score (nSPS) is 15.5. The summed E-state index contributed by atoms with van der Waals surface area (Å²) in [6.45, 7) is 4.53. The third-order valence-electron chi connectivity index (χ3n) is 7.47. The lowest BCUT2D eigenvalue weighted by Gasteiger charge is -2.48. The molecule has 250 valence electrons. The Balaban J connectivity index is 1.43. The van der Waals surface area contributed by atoms with Crippen molar-refractivity contribution in [2.24, 2.45) is 11.7 Å². The number of hydrogen-bond donors (Lipinski definition) is 3. The van der Waals surface area contributed by atoms with Crippen LogP contribution in [0.15, 0.2) is 83.8 Å². The van der Waals surface area contributed by atoms with Crippen molar-refractivity contribution in [2.75, 3.05) is 13.1 Å². The number of primary amides is 1. The number of aliphatic carboxylic acids is 1. The number of hydrogen-bond acceptors (Lipinski definition) is 9. The molecule has 2 atom stereocenters. The Morgan fingerprint density at radius 2 is 1.62 bits per heavy atom. The molecule has 0 spiro atoms. The van der Waals surface area contributed by atoms with Crippen LogP contribution in [-0.4, -0.2) is 67.2 Å². The number of benzene rings is 3. The monoisotopic (exact) mass is 667 g/mol. The molecule has 1 saturated heterocycles. The lowest BCUT2D eigenvalue weighted by atomic mass is 9.87. The summed E-state index contributed by atoms with van der Waals surface area (Å²) < 4.78 is 44.9. The van der Waals surface area contributed by atoms with Gasteiger partial charge in [0.1, 0.15) is 11.8 Å². The fourth-order valence-corrected chi connectivity index (χ4v) is 6.52. The van der Waals surface area contributed by atoms with Gasteiger partial charge in [-0.25, -0.2) is 18.0 Å². The summed E-state index contributed by atoms with van der Waals surface area (Å²) in [5.41, 5.74) is 5.93. The standard InChI is InChI=1S/C33H37N3O10S/c1-21(2)31(40)44-22(3)45-32(41)35-28(30(38)39)16-15-23-9-7-14-27(17-23)47(42,43)36-19-33(20-36,25-11-5-4-6-12-25)46-26-13-8-10-24(18-26)29(34)37/h4-14,17-18,21-22,28H,15-16,19-20H2,1-3H3,(H2,34,37)(H,35,41)(H,38,39)/t22?,28-/m0/s1. The molecule has 3 aromatic carbocycles. The Bertz CT molecular complexity index is 1720. The maximum Gasteiger partial charge on any atom is 0.410 e. The maximum absolute atomic E-state index is 13.7. The molecule has 1 unspecified atom stereocenters. The predicted molar refractivity (Wildman–Crippen MR) is 169 cm³/mol. The summed E-state index contributed by atoms with van der Waals surface area (Å²) in [6.07, 6.45) is -2.27. The van der Waals surface area contributed by atoms with Gasteiger partial charge in [-0.1, -0.05) is 62.4 Å². The van der Waals surface area contributed by atoms with Crippen LogP contribution in [0, 0.1) is 5.92 Å². The Morgan fingerprint density at radius 1 is 0.936 bits per heavy atom. The Labute approximate surface area is 272 Å². The van der Waals surface area contributed by atoms with E-state index in [-0.39, 0.29) is 36.4 Å². The topological polar surface area (TPSA) is 192 Å². The highest BCUT2D eigenvalue weighted by Crippen LogP contribution is 2.40. The van der Waals surface area contributed by atoms with Gasteiger partial charge >= 0.3 is 18.0 Å². The Morgan fingerprint density at radius 3 is 2.26 bits per heavy atom. The second kappa shape index (κ2) is 14.6. The van der Waals surface area contributed by atoms with E-state index in [0.29, 0.717) is 11.3 Å². The summed E-state index contributed by atoms with van der Waals surface area (Å²) in [7, 11) is -3.99. The molecule has 2 amide bonds. The zero-order valence-electron chi connectivity index (χ0n) is 26.1. The molecule has 1 heterocycles. The first-order chi connectivity index (χ1) is 22.2. The first-order valence-electron chi connectivity index (χ1n) is 14.8. The quantitative estimate of drug-likeness (QED) is 0.170. The average molecular weight is 668 g/mol. The lowest BCUT2D eigenvalue weighted by Crippen LogP contribution is -2.64. The van der Waals surface area contributed by atoms with Gasteiger partial charge in [-0.05, 0) is 54.3 Å². The van der Waals surface area contributed by atoms with E-state index in [1.807, 2.05) is 30.3 Å². The number of nitrogens with two attached hydrogens (primary N) is 1. The van der Waals surface area contributed by atoms with Crippen LogP contribution in [0.3, 0.4) is 0 Å². The van der Waals surface area contributed by atoms with Crippen molar-refractivity contribution in [2.45, 2.75) is 56.4 Å². The molecule has 4 rings (SSSR count). The smallest absolute Gasteiger partial charge is 0.410 e. The van der Waals surface area contributed by atoms with Gasteiger partial charge in [0.2, 0.25) is 22.2 Å². The third-order valence-corrected chi connectivity index (χ3v) is 9.26. The van der Waals surface area contributed by atoms with Crippen molar-refractivity contribution in [1.29, 1.82) is 0 Å². The Hall–Kier alpha value is -4.95. The van der Waals surface area contributed by atoms with Gasteiger partial charge in [0.05, 0.1) is 23.9 Å². The van der Waals surface area contributed by atoms with E-state index in [9.17, 15) is 32.7 Å². The van der Waals surface area contributed by atoms with Crippen molar-refractivity contribution in [3.05, 3.63) is 95.6 Å². The van der Waals surface area contributed by atoms with Crippen molar-refractivity contribution in [3.63, 3.8) is 0 Å². The Kier molecular flexibility index (Phi) is 10.9. The lowest BCUT2D eigenvalue weighted by molar-refractivity contribution is -0.169. The third kappa shape index (κ3) is 8.65. The first kappa shape index (κ1) is 34.9. The number of ether oxygens (including phenoxy) is 3.